The molecular formula is C19H29N. The van der Waals surface area contributed by atoms with Crippen molar-refractivity contribution in [1.82, 2.24) is 4.90 Å². The minimum Gasteiger partial charge on any atom is -0.299 e. The zero-order valence-electron chi connectivity index (χ0n) is 13.4. The van der Waals surface area contributed by atoms with Crippen LogP contribution < -0.4 is 0 Å². The largest absolute Gasteiger partial charge is 0.299 e. The highest BCUT2D eigenvalue weighted by atomic mass is 15.1. The molecule has 2 rings (SSSR count). The molecule has 0 N–H and O–H groups in total. The molecule has 0 unspecified atom stereocenters. The van der Waals surface area contributed by atoms with Gasteiger partial charge in [-0.1, -0.05) is 63.6 Å². The van der Waals surface area contributed by atoms with Crippen molar-refractivity contribution in [3.05, 3.63) is 42.0 Å². The van der Waals surface area contributed by atoms with Crippen LogP contribution in [-0.2, 0) is 0 Å². The molecule has 0 saturated heterocycles. The van der Waals surface area contributed by atoms with Crippen LogP contribution in [0.15, 0.2) is 36.4 Å². The molecule has 110 valence electrons. The van der Waals surface area contributed by atoms with Gasteiger partial charge in [0.05, 0.1) is 0 Å². The molecule has 1 heteroatoms. The Bertz CT molecular complexity index is 425. The number of unbranched alkanes of at least 4 members (excludes halogenated alkanes) is 1. The van der Waals surface area contributed by atoms with Gasteiger partial charge in [-0.25, -0.2) is 0 Å². The van der Waals surface area contributed by atoms with Crippen LogP contribution in [0.2, 0.25) is 0 Å². The fourth-order valence-corrected chi connectivity index (χ4v) is 2.82. The van der Waals surface area contributed by atoms with Gasteiger partial charge in [-0.3, -0.25) is 4.90 Å². The average molecular weight is 271 g/mol. The Balaban J connectivity index is 1.73. The maximum Gasteiger partial charge on any atom is 0.0169 e. The van der Waals surface area contributed by atoms with Crippen molar-refractivity contribution in [3.63, 3.8) is 0 Å². The van der Waals surface area contributed by atoms with Crippen molar-refractivity contribution in [2.75, 3.05) is 19.6 Å². The minimum absolute atomic E-state index is 0.488. The molecule has 1 aromatic rings. The molecule has 0 saturated carbocycles. The maximum absolute atomic E-state index is 2.59. The summed E-state index contributed by atoms with van der Waals surface area (Å²) < 4.78 is 0. The van der Waals surface area contributed by atoms with Crippen LogP contribution in [0.3, 0.4) is 0 Å². The van der Waals surface area contributed by atoms with Crippen molar-refractivity contribution < 1.29 is 0 Å². The third-order valence-corrected chi connectivity index (χ3v) is 4.09. The van der Waals surface area contributed by atoms with Crippen LogP contribution in [0.1, 0.15) is 52.0 Å². The number of rotatable bonds is 5. The van der Waals surface area contributed by atoms with Gasteiger partial charge in [0.15, 0.2) is 0 Å². The molecule has 20 heavy (non-hydrogen) atoms. The number of nitrogens with zero attached hydrogens (tertiary/aromatic N) is 1. The van der Waals surface area contributed by atoms with E-state index >= 15 is 0 Å². The summed E-state index contributed by atoms with van der Waals surface area (Å²) in [6.07, 6.45) is 7.65. The number of hydrogen-bond acceptors (Lipinski definition) is 1. The predicted molar refractivity (Wildman–Crippen MR) is 88.8 cm³/mol. The Morgan fingerprint density at radius 1 is 1.05 bits per heavy atom. The Morgan fingerprint density at radius 2 is 1.80 bits per heavy atom. The van der Waals surface area contributed by atoms with Crippen LogP contribution >= 0.6 is 0 Å². The SMILES string of the molecule is CC(C)(C)CCCCN1CC=C(c2ccccc2)CC1. The van der Waals surface area contributed by atoms with Crippen LogP contribution in [0.4, 0.5) is 0 Å². The zero-order chi connectivity index (χ0) is 14.4. The smallest absolute Gasteiger partial charge is 0.0169 e. The molecule has 0 radical (unpaired) electrons. The molecule has 0 amide bonds. The standard InChI is InChI=1S/C19H29N/c1-19(2,3)13-7-8-14-20-15-11-18(12-16-20)17-9-5-4-6-10-17/h4-6,9-11H,7-8,12-16H2,1-3H3. The molecule has 0 fully saturated rings. The minimum atomic E-state index is 0.488. The maximum atomic E-state index is 2.59. The molecule has 0 bridgehead atoms. The number of hydrogen-bond donors (Lipinski definition) is 0. The van der Waals surface area contributed by atoms with E-state index in [4.69, 9.17) is 0 Å². The highest BCUT2D eigenvalue weighted by Gasteiger charge is 2.13. The Labute approximate surface area is 124 Å². The van der Waals surface area contributed by atoms with Crippen molar-refractivity contribution in [1.29, 1.82) is 0 Å². The summed E-state index contributed by atoms with van der Waals surface area (Å²) in [6, 6.07) is 10.8. The summed E-state index contributed by atoms with van der Waals surface area (Å²) in [6.45, 7) is 10.6. The molecule has 1 aliphatic heterocycles. The van der Waals surface area contributed by atoms with E-state index in [0.717, 1.165) is 6.54 Å². The fraction of sp³-hybridized carbons (Fsp3) is 0.579. The molecule has 0 atom stereocenters. The second kappa shape index (κ2) is 7.08. The molecular weight excluding hydrogens is 242 g/mol. The highest BCUT2D eigenvalue weighted by Crippen LogP contribution is 2.24. The van der Waals surface area contributed by atoms with E-state index in [9.17, 15) is 0 Å². The Hall–Kier alpha value is -1.08. The summed E-state index contributed by atoms with van der Waals surface area (Å²) in [5, 5.41) is 0. The second-order valence-corrected chi connectivity index (χ2v) is 7.16. The third kappa shape index (κ3) is 5.13. The predicted octanol–water partition coefficient (Wildman–Crippen LogP) is 4.99. The van der Waals surface area contributed by atoms with Gasteiger partial charge in [0.25, 0.3) is 0 Å². The first-order valence-electron chi connectivity index (χ1n) is 8.01. The van der Waals surface area contributed by atoms with Crippen molar-refractivity contribution in [2.45, 2.75) is 46.5 Å². The Morgan fingerprint density at radius 3 is 2.40 bits per heavy atom. The van der Waals surface area contributed by atoms with Crippen LogP contribution in [0.25, 0.3) is 5.57 Å². The van der Waals surface area contributed by atoms with Gasteiger partial charge < -0.3 is 0 Å². The molecule has 1 aromatic carbocycles. The van der Waals surface area contributed by atoms with E-state index in [-0.39, 0.29) is 0 Å². The first-order valence-corrected chi connectivity index (χ1v) is 8.01. The fourth-order valence-electron chi connectivity index (χ4n) is 2.82. The lowest BCUT2D eigenvalue weighted by Crippen LogP contribution is -2.29. The quantitative estimate of drug-likeness (QED) is 0.682. The molecule has 1 heterocycles. The third-order valence-electron chi connectivity index (χ3n) is 4.09. The lowest BCUT2D eigenvalue weighted by molar-refractivity contribution is 0.280. The van der Waals surface area contributed by atoms with E-state index in [0.29, 0.717) is 5.41 Å². The molecule has 0 aliphatic carbocycles. The first-order chi connectivity index (χ1) is 9.54. The topological polar surface area (TPSA) is 3.24 Å². The summed E-state index contributed by atoms with van der Waals surface area (Å²) in [4.78, 5) is 2.59. The van der Waals surface area contributed by atoms with Crippen LogP contribution in [-0.4, -0.2) is 24.5 Å². The summed E-state index contributed by atoms with van der Waals surface area (Å²) in [5.41, 5.74) is 3.42. The normalized spacial score (nSPS) is 17.1. The molecule has 1 aliphatic rings. The highest BCUT2D eigenvalue weighted by molar-refractivity contribution is 5.66. The van der Waals surface area contributed by atoms with E-state index in [2.05, 4.69) is 62.1 Å². The Kier molecular flexibility index (Phi) is 5.42. The van der Waals surface area contributed by atoms with Gasteiger partial charge in [-0.2, -0.15) is 0 Å². The first kappa shape index (κ1) is 15.3. The lowest BCUT2D eigenvalue weighted by Gasteiger charge is -2.27. The molecule has 1 nitrogen and oxygen atoms in total. The molecule has 0 aromatic heterocycles. The number of benzene rings is 1. The van der Waals surface area contributed by atoms with Gasteiger partial charge in [-0.05, 0) is 42.4 Å². The van der Waals surface area contributed by atoms with Gasteiger partial charge in [0.1, 0.15) is 0 Å². The average Bonchev–Trinajstić information content (AvgIpc) is 2.44. The van der Waals surface area contributed by atoms with Gasteiger partial charge in [0, 0.05) is 13.1 Å². The van der Waals surface area contributed by atoms with Crippen LogP contribution in [0.5, 0.6) is 0 Å². The van der Waals surface area contributed by atoms with Crippen LogP contribution in [0, 0.1) is 5.41 Å². The van der Waals surface area contributed by atoms with E-state index in [1.54, 1.807) is 0 Å². The zero-order valence-corrected chi connectivity index (χ0v) is 13.4. The van der Waals surface area contributed by atoms with E-state index in [1.165, 1.54) is 49.9 Å². The van der Waals surface area contributed by atoms with Crippen molar-refractivity contribution in [2.24, 2.45) is 5.41 Å². The van der Waals surface area contributed by atoms with Gasteiger partial charge >= 0.3 is 0 Å². The van der Waals surface area contributed by atoms with E-state index in [1.807, 2.05) is 0 Å². The summed E-state index contributed by atoms with van der Waals surface area (Å²) >= 11 is 0. The van der Waals surface area contributed by atoms with E-state index < -0.39 is 0 Å². The van der Waals surface area contributed by atoms with Crippen molar-refractivity contribution >= 4 is 5.57 Å². The second-order valence-electron chi connectivity index (χ2n) is 7.16. The van der Waals surface area contributed by atoms with Gasteiger partial charge in [-0.15, -0.1) is 0 Å². The lowest BCUT2D eigenvalue weighted by atomic mass is 9.90. The van der Waals surface area contributed by atoms with Gasteiger partial charge in [0.2, 0.25) is 0 Å². The molecule has 0 spiro atoms. The van der Waals surface area contributed by atoms with Crippen molar-refractivity contribution in [3.8, 4) is 0 Å². The monoisotopic (exact) mass is 271 g/mol. The summed E-state index contributed by atoms with van der Waals surface area (Å²) in [7, 11) is 0. The summed E-state index contributed by atoms with van der Waals surface area (Å²) in [5.74, 6) is 0.